The summed E-state index contributed by atoms with van der Waals surface area (Å²) >= 11 is 0. The highest BCUT2D eigenvalue weighted by atomic mass is 32.2. The fourth-order valence-corrected chi connectivity index (χ4v) is 6.79. The quantitative estimate of drug-likeness (QED) is 0.292. The first kappa shape index (κ1) is 29.4. The summed E-state index contributed by atoms with van der Waals surface area (Å²) in [6, 6.07) is 14.8. The van der Waals surface area contributed by atoms with Crippen molar-refractivity contribution in [1.82, 2.24) is 9.55 Å². The summed E-state index contributed by atoms with van der Waals surface area (Å²) < 4.78 is 36.3. The molecule has 1 aromatic heterocycles. The monoisotopic (exact) mass is 565 g/mol. The lowest BCUT2D eigenvalue weighted by atomic mass is 9.69. The number of carbonyl (C=O) groups excluding carboxylic acids is 1. The summed E-state index contributed by atoms with van der Waals surface area (Å²) in [6.45, 7) is 10.0. The van der Waals surface area contributed by atoms with Crippen LogP contribution < -0.4 is 4.72 Å². The van der Waals surface area contributed by atoms with Crippen LogP contribution in [0.3, 0.4) is 0 Å². The molecule has 0 saturated heterocycles. The highest BCUT2D eigenvalue weighted by molar-refractivity contribution is 7.92. The fourth-order valence-electron chi connectivity index (χ4n) is 5.75. The van der Waals surface area contributed by atoms with Gasteiger partial charge in [0.15, 0.2) is 5.03 Å². The van der Waals surface area contributed by atoms with Crippen LogP contribution in [-0.4, -0.2) is 29.0 Å². The van der Waals surface area contributed by atoms with Crippen LogP contribution in [0.25, 0.3) is 0 Å². The van der Waals surface area contributed by atoms with Gasteiger partial charge in [-0.3, -0.25) is 4.72 Å². The van der Waals surface area contributed by atoms with E-state index in [0.29, 0.717) is 17.7 Å². The molecule has 9 heteroatoms. The molecular formula is C31H39N3O5S. The average molecular weight is 566 g/mol. The number of imidazole rings is 1. The number of aromatic nitrogens is 2. The zero-order valence-electron chi connectivity index (χ0n) is 24.1. The molecule has 214 valence electrons. The van der Waals surface area contributed by atoms with Gasteiger partial charge < -0.3 is 14.4 Å². The maximum atomic E-state index is 13.9. The molecule has 40 heavy (non-hydrogen) atoms. The Kier molecular flexibility index (Phi) is 8.17. The Bertz CT molecular complexity index is 1530. The molecule has 0 spiro atoms. The summed E-state index contributed by atoms with van der Waals surface area (Å²) in [6.07, 6.45) is 5.15. The van der Waals surface area contributed by atoms with E-state index in [1.54, 1.807) is 29.8 Å². The van der Waals surface area contributed by atoms with Crippen molar-refractivity contribution in [3.8, 4) is 0 Å². The molecule has 2 N–H and O–H groups in total. The molecule has 0 amide bonds. The number of nitrogens with one attached hydrogen (secondary N) is 1. The van der Waals surface area contributed by atoms with E-state index in [1.165, 1.54) is 12.5 Å². The topological polar surface area (TPSA) is 111 Å². The lowest BCUT2D eigenvalue weighted by Crippen LogP contribution is -2.41. The van der Waals surface area contributed by atoms with Gasteiger partial charge in [-0.2, -0.15) is 8.42 Å². The molecule has 0 radical (unpaired) electrons. The molecule has 3 aromatic rings. The molecule has 8 nitrogen and oxygen atoms in total. The van der Waals surface area contributed by atoms with Crippen LogP contribution in [-0.2, 0) is 38.6 Å². The molecule has 4 rings (SSSR count). The Morgan fingerprint density at radius 2 is 1.88 bits per heavy atom. The van der Waals surface area contributed by atoms with Crippen LogP contribution in [0.2, 0.25) is 0 Å². The molecule has 0 saturated carbocycles. The van der Waals surface area contributed by atoms with Crippen LogP contribution in [0.5, 0.6) is 0 Å². The highest BCUT2D eigenvalue weighted by Crippen LogP contribution is 2.49. The van der Waals surface area contributed by atoms with Gasteiger partial charge in [-0.15, -0.1) is 0 Å². The normalized spacial score (nSPS) is 18.9. The second-order valence-corrected chi connectivity index (χ2v) is 13.2. The van der Waals surface area contributed by atoms with Crippen LogP contribution in [0.15, 0.2) is 77.4 Å². The number of aliphatic hydroxyl groups excluding tert-OH is 1. The van der Waals surface area contributed by atoms with Crippen LogP contribution >= 0.6 is 0 Å². The van der Waals surface area contributed by atoms with Gasteiger partial charge in [0.1, 0.15) is 11.4 Å². The first-order valence-electron chi connectivity index (χ1n) is 13.7. The summed E-state index contributed by atoms with van der Waals surface area (Å²) in [5, 5.41) is 11.5. The van der Waals surface area contributed by atoms with Crippen molar-refractivity contribution < 1.29 is 23.1 Å². The van der Waals surface area contributed by atoms with Crippen molar-refractivity contribution in [3.63, 3.8) is 0 Å². The molecule has 0 aliphatic carbocycles. The van der Waals surface area contributed by atoms with Gasteiger partial charge in [-0.1, -0.05) is 77.4 Å². The number of aliphatic hydroxyl groups is 1. The lowest BCUT2D eigenvalue weighted by molar-refractivity contribution is -0.162. The molecule has 1 aliphatic rings. The number of nitrogens with zero attached hydrogens (tertiary/aromatic N) is 2. The molecule has 0 unspecified atom stereocenters. The number of sulfonamides is 1. The van der Waals surface area contributed by atoms with E-state index in [1.807, 2.05) is 58.0 Å². The number of hydrogen-bond donors (Lipinski definition) is 2. The minimum Gasteiger partial charge on any atom is -0.512 e. The average Bonchev–Trinajstić information content (AvgIpc) is 3.33. The van der Waals surface area contributed by atoms with E-state index in [4.69, 9.17) is 4.74 Å². The van der Waals surface area contributed by atoms with E-state index in [-0.39, 0.29) is 22.8 Å². The van der Waals surface area contributed by atoms with Crippen molar-refractivity contribution in [2.24, 2.45) is 12.5 Å². The minimum absolute atomic E-state index is 0.00926. The van der Waals surface area contributed by atoms with Gasteiger partial charge in [-0.05, 0) is 47.1 Å². The third kappa shape index (κ3) is 5.80. The smallest absolute Gasteiger partial charge is 0.338 e. The van der Waals surface area contributed by atoms with Crippen LogP contribution in [0.4, 0.5) is 5.69 Å². The zero-order valence-corrected chi connectivity index (χ0v) is 24.9. The van der Waals surface area contributed by atoms with E-state index in [0.717, 1.165) is 24.0 Å². The van der Waals surface area contributed by atoms with Crippen molar-refractivity contribution in [2.75, 3.05) is 4.72 Å². The minimum atomic E-state index is -3.91. The number of esters is 1. The van der Waals surface area contributed by atoms with Gasteiger partial charge in [0.25, 0.3) is 10.0 Å². The van der Waals surface area contributed by atoms with Crippen LogP contribution in [0.1, 0.15) is 76.5 Å². The largest absolute Gasteiger partial charge is 0.512 e. The number of ether oxygens (including phenoxy) is 1. The van der Waals surface area contributed by atoms with Gasteiger partial charge >= 0.3 is 5.97 Å². The van der Waals surface area contributed by atoms with Gasteiger partial charge in [0.2, 0.25) is 0 Å². The summed E-state index contributed by atoms with van der Waals surface area (Å²) in [5.41, 5.74) is 1.78. The first-order valence-corrected chi connectivity index (χ1v) is 15.1. The molecule has 0 fully saturated rings. The predicted molar refractivity (Wildman–Crippen MR) is 155 cm³/mol. The summed E-state index contributed by atoms with van der Waals surface area (Å²) in [5.74, 6) is -1.10. The van der Waals surface area contributed by atoms with Crippen molar-refractivity contribution in [1.29, 1.82) is 0 Å². The standard InChI is InChI=1S/C31H39N3O5S/c1-7-16-31(24-15-10-9-12-21(24)8-2)18-25(35)27(29(36)39-31)28(30(3,4)5)22-13-11-14-23(17-22)33-40(37,38)26-19-34(6)20-32-26/h9-15,17,19-20,28,33,35H,7-8,16,18H2,1-6H3/t28-,31-/m1/s1. The maximum Gasteiger partial charge on any atom is 0.338 e. The Hall–Kier alpha value is -3.59. The van der Waals surface area contributed by atoms with E-state index in [2.05, 4.69) is 16.6 Å². The molecule has 2 atom stereocenters. The Labute approximate surface area is 237 Å². The summed E-state index contributed by atoms with van der Waals surface area (Å²) in [7, 11) is -2.22. The number of hydrogen-bond acceptors (Lipinski definition) is 6. The van der Waals surface area contributed by atoms with Crippen LogP contribution in [0, 0.1) is 5.41 Å². The number of carbonyl (C=O) groups is 1. The molecular weight excluding hydrogens is 526 g/mol. The third-order valence-electron chi connectivity index (χ3n) is 7.40. The summed E-state index contributed by atoms with van der Waals surface area (Å²) in [4.78, 5) is 17.8. The Morgan fingerprint density at radius 1 is 1.15 bits per heavy atom. The van der Waals surface area contributed by atoms with Gasteiger partial charge in [0, 0.05) is 31.3 Å². The third-order valence-corrected chi connectivity index (χ3v) is 8.66. The van der Waals surface area contributed by atoms with Gasteiger partial charge in [0.05, 0.1) is 11.9 Å². The number of aryl methyl sites for hydroxylation is 2. The SMILES string of the molecule is CCC[C@]1(c2ccccc2CC)CC(O)=C([C@@H](c2cccc(NS(=O)(=O)c3cn(C)cn3)c2)C(C)(C)C)C(=O)O1. The lowest BCUT2D eigenvalue weighted by Gasteiger charge is -2.42. The molecule has 0 bridgehead atoms. The molecule has 2 aromatic carbocycles. The Morgan fingerprint density at radius 3 is 2.48 bits per heavy atom. The Balaban J connectivity index is 1.76. The first-order chi connectivity index (χ1) is 18.8. The maximum absolute atomic E-state index is 13.9. The predicted octanol–water partition coefficient (Wildman–Crippen LogP) is 6.37. The van der Waals surface area contributed by atoms with Crippen molar-refractivity contribution in [2.45, 2.75) is 76.8 Å². The zero-order chi connectivity index (χ0) is 29.3. The van der Waals surface area contributed by atoms with E-state index in [9.17, 15) is 18.3 Å². The number of anilines is 1. The molecule has 2 heterocycles. The van der Waals surface area contributed by atoms with Crippen molar-refractivity contribution >= 4 is 21.7 Å². The number of rotatable bonds is 9. The fraction of sp³-hybridized carbons (Fsp3) is 0.419. The molecule has 1 aliphatic heterocycles. The second kappa shape index (κ2) is 11.1. The highest BCUT2D eigenvalue weighted by Gasteiger charge is 2.47. The second-order valence-electron chi connectivity index (χ2n) is 11.6. The van der Waals surface area contributed by atoms with E-state index >= 15 is 0 Å². The number of benzene rings is 2. The van der Waals surface area contributed by atoms with Crippen molar-refractivity contribution in [3.05, 3.63) is 89.1 Å². The van der Waals surface area contributed by atoms with E-state index < -0.39 is 32.9 Å². The van der Waals surface area contributed by atoms with Gasteiger partial charge in [-0.25, -0.2) is 9.78 Å². The number of cyclic esters (lactones) is 1.